The smallest absolute Gasteiger partial charge is 0.338 e. The second kappa shape index (κ2) is 9.10. The molecule has 1 fully saturated rings. The number of halogens is 3. The second-order valence-electron chi connectivity index (χ2n) is 8.16. The van der Waals surface area contributed by atoms with Gasteiger partial charge >= 0.3 is 6.18 Å². The van der Waals surface area contributed by atoms with Gasteiger partial charge in [0.15, 0.2) is 0 Å². The van der Waals surface area contributed by atoms with Crippen LogP contribution in [0.3, 0.4) is 0 Å². The van der Waals surface area contributed by atoms with Crippen LogP contribution in [0, 0.1) is 6.92 Å². The molecule has 0 aliphatic carbocycles. The maximum atomic E-state index is 13.1. The van der Waals surface area contributed by atoms with E-state index in [-0.39, 0.29) is 17.4 Å². The summed E-state index contributed by atoms with van der Waals surface area (Å²) in [7, 11) is 0. The number of hydrogen-bond donors (Lipinski definition) is 0. The maximum Gasteiger partial charge on any atom is 0.416 e. The first-order valence-corrected chi connectivity index (χ1v) is 10.6. The van der Waals surface area contributed by atoms with Gasteiger partial charge in [0.05, 0.1) is 11.3 Å². The molecule has 4 nitrogen and oxygen atoms in total. The van der Waals surface area contributed by atoms with Crippen molar-refractivity contribution in [2.24, 2.45) is 0 Å². The standard InChI is InChI=1S/C25H24F3N3O/c1-17-29-15-21(13-18-7-3-2-4-8-18)23(30-17)20-10-6-12-31(16-20)24(32)19-9-5-11-22(14-19)25(26,27)28/h2-5,7-9,11,14-15,20H,6,10,12-13,16H2,1H3. The van der Waals surface area contributed by atoms with E-state index < -0.39 is 11.7 Å². The summed E-state index contributed by atoms with van der Waals surface area (Å²) in [6.45, 7) is 2.78. The summed E-state index contributed by atoms with van der Waals surface area (Å²) in [6, 6.07) is 14.7. The largest absolute Gasteiger partial charge is 0.416 e. The van der Waals surface area contributed by atoms with Crippen LogP contribution in [0.5, 0.6) is 0 Å². The van der Waals surface area contributed by atoms with Crippen molar-refractivity contribution in [1.29, 1.82) is 0 Å². The summed E-state index contributed by atoms with van der Waals surface area (Å²) in [6.07, 6.45) is -0.313. The number of likely N-dealkylation sites (tertiary alicyclic amines) is 1. The van der Waals surface area contributed by atoms with Crippen molar-refractivity contribution in [3.05, 3.63) is 94.6 Å². The third-order valence-electron chi connectivity index (χ3n) is 5.79. The van der Waals surface area contributed by atoms with Crippen molar-refractivity contribution < 1.29 is 18.0 Å². The molecule has 0 radical (unpaired) electrons. The van der Waals surface area contributed by atoms with Gasteiger partial charge in [0.1, 0.15) is 5.82 Å². The zero-order valence-electron chi connectivity index (χ0n) is 17.8. The molecule has 2 heterocycles. The zero-order valence-corrected chi connectivity index (χ0v) is 17.8. The number of amides is 1. The Hall–Kier alpha value is -3.22. The average molecular weight is 439 g/mol. The zero-order chi connectivity index (χ0) is 22.7. The van der Waals surface area contributed by atoms with E-state index in [1.165, 1.54) is 12.1 Å². The van der Waals surface area contributed by atoms with Gasteiger partial charge in [-0.15, -0.1) is 0 Å². The number of carbonyl (C=O) groups is 1. The number of hydrogen-bond acceptors (Lipinski definition) is 3. The fourth-order valence-electron chi connectivity index (χ4n) is 4.21. The molecule has 3 aromatic rings. The lowest BCUT2D eigenvalue weighted by molar-refractivity contribution is -0.137. The van der Waals surface area contributed by atoms with Gasteiger partial charge in [-0.3, -0.25) is 4.79 Å². The quantitative estimate of drug-likeness (QED) is 0.546. The van der Waals surface area contributed by atoms with Crippen molar-refractivity contribution in [1.82, 2.24) is 14.9 Å². The normalized spacial score (nSPS) is 16.8. The molecular weight excluding hydrogens is 415 g/mol. The minimum absolute atomic E-state index is 0.0129. The Bertz CT molecular complexity index is 1100. The molecule has 0 bridgehead atoms. The molecule has 32 heavy (non-hydrogen) atoms. The molecule has 2 aromatic carbocycles. The van der Waals surface area contributed by atoms with Gasteiger partial charge in [-0.2, -0.15) is 13.2 Å². The number of rotatable bonds is 4. The first-order chi connectivity index (χ1) is 15.3. The van der Waals surface area contributed by atoms with Gasteiger partial charge in [-0.1, -0.05) is 36.4 Å². The summed E-state index contributed by atoms with van der Waals surface area (Å²) >= 11 is 0. The summed E-state index contributed by atoms with van der Waals surface area (Å²) in [5.74, 6) is 0.299. The number of carbonyl (C=O) groups excluding carboxylic acids is 1. The van der Waals surface area contributed by atoms with Crippen LogP contribution < -0.4 is 0 Å². The lowest BCUT2D eigenvalue weighted by Crippen LogP contribution is -2.39. The molecular formula is C25H24F3N3O. The predicted molar refractivity (Wildman–Crippen MR) is 115 cm³/mol. The van der Waals surface area contributed by atoms with Gasteiger partial charge in [0.25, 0.3) is 5.91 Å². The predicted octanol–water partition coefficient (Wildman–Crippen LogP) is 5.41. The topological polar surface area (TPSA) is 46.1 Å². The van der Waals surface area contributed by atoms with E-state index in [0.29, 0.717) is 25.3 Å². The average Bonchev–Trinajstić information content (AvgIpc) is 2.80. The molecule has 1 amide bonds. The van der Waals surface area contributed by atoms with Crippen LogP contribution in [-0.4, -0.2) is 33.9 Å². The van der Waals surface area contributed by atoms with E-state index in [4.69, 9.17) is 4.98 Å². The number of aromatic nitrogens is 2. The van der Waals surface area contributed by atoms with E-state index in [2.05, 4.69) is 4.98 Å². The number of benzene rings is 2. The van der Waals surface area contributed by atoms with Gasteiger partial charge in [-0.05, 0) is 49.1 Å². The molecule has 1 unspecified atom stereocenters. The van der Waals surface area contributed by atoms with Crippen LogP contribution in [0.15, 0.2) is 60.8 Å². The summed E-state index contributed by atoms with van der Waals surface area (Å²) in [4.78, 5) is 23.7. The van der Waals surface area contributed by atoms with Crippen LogP contribution in [0.2, 0.25) is 0 Å². The monoisotopic (exact) mass is 439 g/mol. The number of aryl methyl sites for hydroxylation is 1. The molecule has 1 aromatic heterocycles. The summed E-state index contributed by atoms with van der Waals surface area (Å²) in [5.41, 5.74) is 2.33. The number of piperidine rings is 1. The first kappa shape index (κ1) is 22.0. The minimum atomic E-state index is -4.48. The van der Waals surface area contributed by atoms with Gasteiger partial charge in [0.2, 0.25) is 0 Å². The Morgan fingerprint density at radius 1 is 1.12 bits per heavy atom. The van der Waals surface area contributed by atoms with E-state index in [9.17, 15) is 18.0 Å². The second-order valence-corrected chi connectivity index (χ2v) is 8.16. The fraction of sp³-hybridized carbons (Fsp3) is 0.320. The van der Waals surface area contributed by atoms with Crippen LogP contribution in [0.25, 0.3) is 0 Å². The lowest BCUT2D eigenvalue weighted by Gasteiger charge is -2.33. The highest BCUT2D eigenvalue weighted by molar-refractivity contribution is 5.94. The van der Waals surface area contributed by atoms with Gasteiger partial charge in [-0.25, -0.2) is 9.97 Å². The lowest BCUT2D eigenvalue weighted by atomic mass is 9.89. The number of nitrogens with zero attached hydrogens (tertiary/aromatic N) is 3. The highest BCUT2D eigenvalue weighted by Gasteiger charge is 2.32. The Morgan fingerprint density at radius 3 is 2.66 bits per heavy atom. The van der Waals surface area contributed by atoms with E-state index in [1.54, 1.807) is 4.90 Å². The Labute approximate surface area is 185 Å². The fourth-order valence-corrected chi connectivity index (χ4v) is 4.21. The highest BCUT2D eigenvalue weighted by Crippen LogP contribution is 2.32. The van der Waals surface area contributed by atoms with Gasteiger partial charge < -0.3 is 4.90 Å². The molecule has 0 spiro atoms. The van der Waals surface area contributed by atoms with Crippen molar-refractivity contribution >= 4 is 5.91 Å². The SMILES string of the molecule is Cc1ncc(Cc2ccccc2)c(C2CCCN(C(=O)c3cccc(C(F)(F)F)c3)C2)n1. The molecule has 1 atom stereocenters. The summed E-state index contributed by atoms with van der Waals surface area (Å²) < 4.78 is 39.2. The third-order valence-corrected chi connectivity index (χ3v) is 5.79. The molecule has 1 saturated heterocycles. The van der Waals surface area contributed by atoms with Crippen LogP contribution in [0.1, 0.15) is 57.3 Å². The number of alkyl halides is 3. The summed E-state index contributed by atoms with van der Waals surface area (Å²) in [5, 5.41) is 0. The molecule has 166 valence electrons. The Balaban J connectivity index is 1.57. The molecule has 1 aliphatic rings. The molecule has 0 saturated carbocycles. The molecule has 1 aliphatic heterocycles. The molecule has 7 heteroatoms. The minimum Gasteiger partial charge on any atom is -0.338 e. The van der Waals surface area contributed by atoms with Crippen LogP contribution in [-0.2, 0) is 12.6 Å². The van der Waals surface area contributed by atoms with Crippen molar-refractivity contribution in [2.45, 2.75) is 38.3 Å². The van der Waals surface area contributed by atoms with E-state index in [1.807, 2.05) is 43.5 Å². The van der Waals surface area contributed by atoms with Crippen molar-refractivity contribution in [3.8, 4) is 0 Å². The van der Waals surface area contributed by atoms with Crippen molar-refractivity contribution in [2.75, 3.05) is 13.1 Å². The molecule has 4 rings (SSSR count). The van der Waals surface area contributed by atoms with Crippen molar-refractivity contribution in [3.63, 3.8) is 0 Å². The van der Waals surface area contributed by atoms with Gasteiger partial charge in [0, 0.05) is 37.2 Å². The Kier molecular flexibility index (Phi) is 6.26. The first-order valence-electron chi connectivity index (χ1n) is 10.6. The van der Waals surface area contributed by atoms with E-state index in [0.717, 1.165) is 41.8 Å². The third kappa shape index (κ3) is 4.98. The van der Waals surface area contributed by atoms with Crippen LogP contribution in [0.4, 0.5) is 13.2 Å². The van der Waals surface area contributed by atoms with E-state index >= 15 is 0 Å². The Morgan fingerprint density at radius 2 is 1.91 bits per heavy atom. The molecule has 0 N–H and O–H groups in total. The highest BCUT2D eigenvalue weighted by atomic mass is 19.4. The maximum absolute atomic E-state index is 13.1. The van der Waals surface area contributed by atoms with Crippen LogP contribution >= 0.6 is 0 Å².